The van der Waals surface area contributed by atoms with E-state index in [1.165, 1.54) is 0 Å². The van der Waals surface area contributed by atoms with Gasteiger partial charge in [-0.3, -0.25) is 0 Å². The Morgan fingerprint density at radius 2 is 1.41 bits per heavy atom. The zero-order chi connectivity index (χ0) is 12.3. The van der Waals surface area contributed by atoms with Crippen LogP contribution in [-0.4, -0.2) is 11.1 Å². The normalized spacial score (nSPS) is 10.2. The van der Waals surface area contributed by atoms with Gasteiger partial charge in [0.05, 0.1) is 5.56 Å². The van der Waals surface area contributed by atoms with Gasteiger partial charge in [0.25, 0.3) is 0 Å². The van der Waals surface area contributed by atoms with Gasteiger partial charge in [-0.2, -0.15) is 0 Å². The molecule has 2 nitrogen and oxygen atoms in total. The predicted octanol–water partition coefficient (Wildman–Crippen LogP) is 4.30. The van der Waals surface area contributed by atoms with Gasteiger partial charge in [0.2, 0.25) is 0 Å². The van der Waals surface area contributed by atoms with Crippen molar-refractivity contribution < 1.29 is 9.90 Å². The third kappa shape index (κ3) is 3.35. The van der Waals surface area contributed by atoms with Crippen molar-refractivity contribution in [3.05, 3.63) is 58.6 Å². The van der Waals surface area contributed by atoms with E-state index in [4.69, 9.17) is 5.11 Å². The number of rotatable bonds is 3. The Morgan fingerprint density at radius 3 is 1.88 bits per heavy atom. The first kappa shape index (κ1) is 12.2. The Morgan fingerprint density at radius 1 is 0.941 bits per heavy atom. The summed E-state index contributed by atoms with van der Waals surface area (Å²) >= 11 is 4.98. The lowest BCUT2D eigenvalue weighted by atomic mass is 10.2. The van der Waals surface area contributed by atoms with Crippen LogP contribution in [0.4, 0.5) is 0 Å². The molecule has 0 aliphatic carbocycles. The molecule has 2 aromatic rings. The number of carboxylic acids is 1. The Bertz CT molecular complexity index is 520. The molecular weight excluding hydrogens is 300 g/mol. The number of hydrogen-bond acceptors (Lipinski definition) is 2. The number of aromatic carboxylic acids is 1. The third-order valence-corrected chi connectivity index (χ3v) is 3.70. The van der Waals surface area contributed by atoms with Crippen molar-refractivity contribution in [1.82, 2.24) is 0 Å². The van der Waals surface area contributed by atoms with Gasteiger partial charge in [-0.1, -0.05) is 27.7 Å². The van der Waals surface area contributed by atoms with E-state index >= 15 is 0 Å². The van der Waals surface area contributed by atoms with Gasteiger partial charge in [-0.05, 0) is 48.5 Å². The largest absolute Gasteiger partial charge is 0.478 e. The zero-order valence-electron chi connectivity index (χ0n) is 8.76. The first-order chi connectivity index (χ1) is 8.15. The average Bonchev–Trinajstić information content (AvgIpc) is 2.33. The minimum atomic E-state index is -0.898. The van der Waals surface area contributed by atoms with E-state index in [1.54, 1.807) is 23.9 Å². The smallest absolute Gasteiger partial charge is 0.335 e. The fourth-order valence-electron chi connectivity index (χ4n) is 1.30. The molecule has 0 aliphatic rings. The molecule has 0 saturated heterocycles. The Hall–Kier alpha value is -1.26. The summed E-state index contributed by atoms with van der Waals surface area (Å²) in [4.78, 5) is 12.8. The highest BCUT2D eigenvalue weighted by atomic mass is 79.9. The third-order valence-electron chi connectivity index (χ3n) is 2.15. The highest BCUT2D eigenvalue weighted by molar-refractivity contribution is 9.10. The van der Waals surface area contributed by atoms with Gasteiger partial charge >= 0.3 is 5.97 Å². The summed E-state index contributed by atoms with van der Waals surface area (Å²) < 4.78 is 1.04. The summed E-state index contributed by atoms with van der Waals surface area (Å²) in [5, 5.41) is 8.78. The van der Waals surface area contributed by atoms with Crippen molar-refractivity contribution in [2.75, 3.05) is 0 Å². The van der Waals surface area contributed by atoms with Crippen LogP contribution < -0.4 is 0 Å². The molecule has 0 heterocycles. The second-order valence-electron chi connectivity index (χ2n) is 3.39. The van der Waals surface area contributed by atoms with Gasteiger partial charge in [0.15, 0.2) is 0 Å². The van der Waals surface area contributed by atoms with E-state index in [9.17, 15) is 4.79 Å². The molecule has 17 heavy (non-hydrogen) atoms. The molecule has 0 saturated carbocycles. The molecule has 0 atom stereocenters. The summed E-state index contributed by atoms with van der Waals surface area (Å²) in [6, 6.07) is 14.8. The van der Waals surface area contributed by atoms with Crippen molar-refractivity contribution >= 4 is 33.7 Å². The summed E-state index contributed by atoms with van der Waals surface area (Å²) in [5.74, 6) is -0.898. The van der Waals surface area contributed by atoms with Crippen LogP contribution in [0.1, 0.15) is 10.4 Å². The van der Waals surface area contributed by atoms with E-state index < -0.39 is 5.97 Å². The minimum absolute atomic E-state index is 0.310. The molecule has 0 aliphatic heterocycles. The second kappa shape index (κ2) is 5.38. The Labute approximate surface area is 112 Å². The highest BCUT2D eigenvalue weighted by Gasteiger charge is 2.02. The van der Waals surface area contributed by atoms with Gasteiger partial charge in [-0.25, -0.2) is 4.79 Å². The predicted molar refractivity (Wildman–Crippen MR) is 71.7 cm³/mol. The monoisotopic (exact) mass is 308 g/mol. The van der Waals surface area contributed by atoms with Gasteiger partial charge in [0, 0.05) is 14.3 Å². The summed E-state index contributed by atoms with van der Waals surface area (Å²) in [7, 11) is 0. The summed E-state index contributed by atoms with van der Waals surface area (Å²) in [5.41, 5.74) is 0.310. The molecule has 1 N–H and O–H groups in total. The molecule has 0 aromatic heterocycles. The molecule has 0 radical (unpaired) electrons. The van der Waals surface area contributed by atoms with E-state index in [-0.39, 0.29) is 0 Å². The van der Waals surface area contributed by atoms with Crippen molar-refractivity contribution in [2.24, 2.45) is 0 Å². The summed E-state index contributed by atoms with van der Waals surface area (Å²) in [6.45, 7) is 0. The number of halogens is 1. The van der Waals surface area contributed by atoms with Gasteiger partial charge in [-0.15, -0.1) is 0 Å². The molecule has 86 valence electrons. The van der Waals surface area contributed by atoms with E-state index in [0.29, 0.717) is 5.56 Å². The minimum Gasteiger partial charge on any atom is -0.478 e. The van der Waals surface area contributed by atoms with Crippen LogP contribution in [0.3, 0.4) is 0 Å². The molecule has 2 rings (SSSR count). The average molecular weight is 309 g/mol. The SMILES string of the molecule is O=C(O)c1ccc(Sc2ccc(Br)cc2)cc1. The molecular formula is C13H9BrO2S. The number of benzene rings is 2. The quantitative estimate of drug-likeness (QED) is 0.918. The molecule has 0 unspecified atom stereocenters. The first-order valence-electron chi connectivity index (χ1n) is 4.92. The number of carboxylic acid groups (broad SMARTS) is 1. The van der Waals surface area contributed by atoms with Crippen LogP contribution in [0.25, 0.3) is 0 Å². The van der Waals surface area contributed by atoms with Crippen molar-refractivity contribution in [3.8, 4) is 0 Å². The van der Waals surface area contributed by atoms with Crippen LogP contribution in [0.5, 0.6) is 0 Å². The first-order valence-corrected chi connectivity index (χ1v) is 6.53. The fourth-order valence-corrected chi connectivity index (χ4v) is 2.39. The summed E-state index contributed by atoms with van der Waals surface area (Å²) in [6.07, 6.45) is 0. The highest BCUT2D eigenvalue weighted by Crippen LogP contribution is 2.28. The van der Waals surface area contributed by atoms with Crippen LogP contribution in [0.2, 0.25) is 0 Å². The van der Waals surface area contributed by atoms with Gasteiger partial charge in [0.1, 0.15) is 0 Å². The second-order valence-corrected chi connectivity index (χ2v) is 5.45. The maximum absolute atomic E-state index is 10.7. The fraction of sp³-hybridized carbons (Fsp3) is 0. The maximum Gasteiger partial charge on any atom is 0.335 e. The Kier molecular flexibility index (Phi) is 3.86. The molecule has 0 fully saturated rings. The molecule has 2 aromatic carbocycles. The van der Waals surface area contributed by atoms with Crippen LogP contribution in [-0.2, 0) is 0 Å². The molecule has 4 heteroatoms. The van der Waals surface area contributed by atoms with Crippen LogP contribution in [0, 0.1) is 0 Å². The lowest BCUT2D eigenvalue weighted by Crippen LogP contribution is -1.94. The van der Waals surface area contributed by atoms with Crippen molar-refractivity contribution in [3.63, 3.8) is 0 Å². The van der Waals surface area contributed by atoms with Crippen molar-refractivity contribution in [1.29, 1.82) is 0 Å². The van der Waals surface area contributed by atoms with E-state index in [0.717, 1.165) is 14.3 Å². The Balaban J connectivity index is 2.13. The van der Waals surface area contributed by atoms with Crippen LogP contribution in [0.15, 0.2) is 62.8 Å². The lowest BCUT2D eigenvalue weighted by molar-refractivity contribution is 0.0697. The van der Waals surface area contributed by atoms with E-state index in [1.807, 2.05) is 36.4 Å². The van der Waals surface area contributed by atoms with Crippen LogP contribution >= 0.6 is 27.7 Å². The molecule has 0 bridgehead atoms. The molecule has 0 amide bonds. The standard InChI is InChI=1S/C13H9BrO2S/c14-10-3-7-12(8-4-10)17-11-5-1-9(2-6-11)13(15)16/h1-8H,(H,15,16). The van der Waals surface area contributed by atoms with Crippen molar-refractivity contribution in [2.45, 2.75) is 9.79 Å². The number of carbonyl (C=O) groups is 1. The zero-order valence-corrected chi connectivity index (χ0v) is 11.2. The number of hydrogen-bond donors (Lipinski definition) is 1. The topological polar surface area (TPSA) is 37.3 Å². The maximum atomic E-state index is 10.7. The lowest BCUT2D eigenvalue weighted by Gasteiger charge is -2.02. The molecule has 0 spiro atoms. The van der Waals surface area contributed by atoms with E-state index in [2.05, 4.69) is 15.9 Å². The van der Waals surface area contributed by atoms with Gasteiger partial charge < -0.3 is 5.11 Å².